The molecule has 3 rings (SSSR count). The van der Waals surface area contributed by atoms with E-state index in [0.29, 0.717) is 24.5 Å². The fraction of sp³-hybridized carbons (Fsp3) is 0.250. The van der Waals surface area contributed by atoms with Crippen molar-refractivity contribution in [1.82, 2.24) is 4.90 Å². The van der Waals surface area contributed by atoms with E-state index in [1.165, 1.54) is 23.1 Å². The van der Waals surface area contributed by atoms with Crippen molar-refractivity contribution in [1.29, 1.82) is 0 Å². The van der Waals surface area contributed by atoms with Crippen molar-refractivity contribution in [3.05, 3.63) is 83.7 Å². The third-order valence-electron chi connectivity index (χ3n) is 5.09. The lowest BCUT2D eigenvalue weighted by Crippen LogP contribution is -3.06. The summed E-state index contributed by atoms with van der Waals surface area (Å²) in [7, 11) is 3.84. The van der Waals surface area contributed by atoms with Gasteiger partial charge < -0.3 is 19.6 Å². The molecule has 1 aliphatic heterocycles. The van der Waals surface area contributed by atoms with Gasteiger partial charge in [-0.25, -0.2) is 4.39 Å². The number of ketones is 1. The standard InChI is InChI=1S/C24H25FN2O4/c1-4-15-31-17-11-9-16(10-12-17)22(28)20-21(18-7-5-6-8-19(18)25)27(14-13-26(2)3)24(30)23(20)29/h4-12,21,28H,1,13-15H2,2-3H3/p+1/t21-/m1/s1. The van der Waals surface area contributed by atoms with Gasteiger partial charge in [0, 0.05) is 11.1 Å². The molecule has 0 aliphatic carbocycles. The summed E-state index contributed by atoms with van der Waals surface area (Å²) >= 11 is 0. The van der Waals surface area contributed by atoms with Gasteiger partial charge in [-0.05, 0) is 30.3 Å². The zero-order chi connectivity index (χ0) is 22.5. The molecule has 7 heteroatoms. The first-order chi connectivity index (χ1) is 14.8. The van der Waals surface area contributed by atoms with Crippen LogP contribution in [0.15, 0.2) is 66.8 Å². The molecule has 0 aromatic heterocycles. The number of hydrogen-bond donors (Lipinski definition) is 2. The molecule has 1 saturated heterocycles. The van der Waals surface area contributed by atoms with Crippen LogP contribution in [-0.4, -0.2) is 55.5 Å². The van der Waals surface area contributed by atoms with Crippen molar-refractivity contribution in [2.75, 3.05) is 33.8 Å². The van der Waals surface area contributed by atoms with Crippen LogP contribution in [0.5, 0.6) is 5.75 Å². The average Bonchev–Trinajstić information content (AvgIpc) is 3.01. The Labute approximate surface area is 180 Å². The Morgan fingerprint density at radius 3 is 2.48 bits per heavy atom. The molecule has 1 aliphatic rings. The van der Waals surface area contributed by atoms with Crippen molar-refractivity contribution in [2.24, 2.45) is 0 Å². The maximum atomic E-state index is 14.7. The van der Waals surface area contributed by atoms with E-state index in [9.17, 15) is 19.1 Å². The predicted molar refractivity (Wildman–Crippen MR) is 115 cm³/mol. The van der Waals surface area contributed by atoms with Crippen LogP contribution in [-0.2, 0) is 9.59 Å². The van der Waals surface area contributed by atoms with E-state index in [-0.39, 0.29) is 23.4 Å². The van der Waals surface area contributed by atoms with E-state index in [4.69, 9.17) is 4.74 Å². The summed E-state index contributed by atoms with van der Waals surface area (Å²) in [6, 6.07) is 11.4. The zero-order valence-corrected chi connectivity index (χ0v) is 17.6. The molecule has 0 bridgehead atoms. The highest BCUT2D eigenvalue weighted by molar-refractivity contribution is 6.46. The molecule has 6 nitrogen and oxygen atoms in total. The highest BCUT2D eigenvalue weighted by atomic mass is 19.1. The van der Waals surface area contributed by atoms with Gasteiger partial charge >= 0.3 is 0 Å². The smallest absolute Gasteiger partial charge is 0.295 e. The second kappa shape index (κ2) is 9.57. The summed E-state index contributed by atoms with van der Waals surface area (Å²) in [5, 5.41) is 11.0. The van der Waals surface area contributed by atoms with Gasteiger partial charge in [-0.1, -0.05) is 30.9 Å². The first-order valence-corrected chi connectivity index (χ1v) is 10.0. The Balaban J connectivity index is 2.08. The largest absolute Gasteiger partial charge is 0.507 e. The van der Waals surface area contributed by atoms with Gasteiger partial charge in [-0.3, -0.25) is 9.59 Å². The first-order valence-electron chi connectivity index (χ1n) is 10.0. The lowest BCUT2D eigenvalue weighted by molar-refractivity contribution is -0.857. The number of amides is 1. The number of aliphatic hydroxyl groups is 1. The molecule has 2 N–H and O–H groups in total. The lowest BCUT2D eigenvalue weighted by Gasteiger charge is -2.25. The van der Waals surface area contributed by atoms with Crippen molar-refractivity contribution >= 4 is 17.4 Å². The quantitative estimate of drug-likeness (QED) is 0.294. The number of hydrogen-bond acceptors (Lipinski definition) is 4. The van der Waals surface area contributed by atoms with Gasteiger partial charge in [0.15, 0.2) is 0 Å². The van der Waals surface area contributed by atoms with E-state index in [1.54, 1.807) is 36.4 Å². The molecular weight excluding hydrogens is 399 g/mol. The van der Waals surface area contributed by atoms with Crippen LogP contribution in [0, 0.1) is 5.82 Å². The van der Waals surface area contributed by atoms with Gasteiger partial charge in [-0.2, -0.15) is 0 Å². The minimum Gasteiger partial charge on any atom is -0.507 e. The molecule has 2 aromatic rings. The maximum absolute atomic E-state index is 14.7. The lowest BCUT2D eigenvalue weighted by atomic mass is 9.95. The number of aliphatic hydroxyl groups excluding tert-OH is 1. The Morgan fingerprint density at radius 2 is 1.87 bits per heavy atom. The number of nitrogens with zero attached hydrogens (tertiary/aromatic N) is 1. The van der Waals surface area contributed by atoms with E-state index in [1.807, 2.05) is 14.1 Å². The molecular formula is C24H26FN2O4+. The average molecular weight is 425 g/mol. The molecule has 1 atom stereocenters. The van der Waals surface area contributed by atoms with E-state index >= 15 is 0 Å². The molecule has 1 amide bonds. The third kappa shape index (κ3) is 4.67. The molecule has 1 heterocycles. The van der Waals surface area contributed by atoms with Gasteiger partial charge in [-0.15, -0.1) is 0 Å². The minimum absolute atomic E-state index is 0.122. The molecule has 31 heavy (non-hydrogen) atoms. The number of likely N-dealkylation sites (N-methyl/N-ethyl adjacent to an activating group) is 1. The first kappa shape index (κ1) is 22.2. The van der Waals surface area contributed by atoms with Crippen molar-refractivity contribution < 1.29 is 28.7 Å². The van der Waals surface area contributed by atoms with Crippen LogP contribution in [0.3, 0.4) is 0 Å². The van der Waals surface area contributed by atoms with Crippen LogP contribution in [0.4, 0.5) is 4.39 Å². The van der Waals surface area contributed by atoms with E-state index < -0.39 is 23.5 Å². The van der Waals surface area contributed by atoms with Crippen molar-refractivity contribution in [3.8, 4) is 5.75 Å². The molecule has 2 aromatic carbocycles. The molecule has 162 valence electrons. The zero-order valence-electron chi connectivity index (χ0n) is 17.6. The Hall–Kier alpha value is -3.45. The molecule has 1 fully saturated rings. The molecule has 0 unspecified atom stereocenters. The predicted octanol–water partition coefficient (Wildman–Crippen LogP) is 1.96. The topological polar surface area (TPSA) is 71.3 Å². The van der Waals surface area contributed by atoms with Gasteiger partial charge in [0.05, 0.1) is 38.8 Å². The third-order valence-corrected chi connectivity index (χ3v) is 5.09. The summed E-state index contributed by atoms with van der Waals surface area (Å²) in [4.78, 5) is 28.1. The Kier molecular flexibility index (Phi) is 6.87. The number of halogens is 1. The summed E-state index contributed by atoms with van der Waals surface area (Å²) < 4.78 is 20.1. The summed E-state index contributed by atoms with van der Waals surface area (Å²) in [6.07, 6.45) is 1.61. The van der Waals surface area contributed by atoms with Crippen LogP contribution in [0.2, 0.25) is 0 Å². The van der Waals surface area contributed by atoms with E-state index in [0.717, 1.165) is 4.90 Å². The van der Waals surface area contributed by atoms with Gasteiger partial charge in [0.1, 0.15) is 23.9 Å². The summed E-state index contributed by atoms with van der Waals surface area (Å²) in [6.45, 7) is 4.73. The van der Waals surface area contributed by atoms with Crippen molar-refractivity contribution in [3.63, 3.8) is 0 Å². The van der Waals surface area contributed by atoms with E-state index in [2.05, 4.69) is 6.58 Å². The second-order valence-electron chi connectivity index (χ2n) is 7.60. The molecule has 0 spiro atoms. The number of rotatable bonds is 8. The number of carbonyl (C=O) groups excluding carboxylic acids is 2. The Morgan fingerprint density at radius 1 is 1.19 bits per heavy atom. The SMILES string of the molecule is C=CCOc1ccc(C(O)=C2C(=O)C(=O)N(CC[NH+](C)C)[C@@H]2c2ccccc2F)cc1. The fourth-order valence-electron chi connectivity index (χ4n) is 3.49. The highest BCUT2D eigenvalue weighted by Crippen LogP contribution is 2.40. The number of Topliss-reactive ketones (excluding diaryl/α,β-unsaturated/α-hetero) is 1. The van der Waals surface area contributed by atoms with Gasteiger partial charge in [0.2, 0.25) is 0 Å². The highest BCUT2D eigenvalue weighted by Gasteiger charge is 2.47. The van der Waals surface area contributed by atoms with Crippen LogP contribution >= 0.6 is 0 Å². The van der Waals surface area contributed by atoms with Crippen molar-refractivity contribution in [2.45, 2.75) is 6.04 Å². The monoisotopic (exact) mass is 425 g/mol. The second-order valence-corrected chi connectivity index (χ2v) is 7.60. The van der Waals surface area contributed by atoms with Crippen LogP contribution < -0.4 is 9.64 Å². The number of quaternary nitrogens is 1. The van der Waals surface area contributed by atoms with Crippen LogP contribution in [0.25, 0.3) is 5.76 Å². The summed E-state index contributed by atoms with van der Waals surface area (Å²) in [5.74, 6) is -1.90. The normalized spacial score (nSPS) is 17.9. The number of ether oxygens (including phenoxy) is 1. The molecule has 0 radical (unpaired) electrons. The maximum Gasteiger partial charge on any atom is 0.295 e. The number of likely N-dealkylation sites (tertiary alicyclic amines) is 1. The number of benzene rings is 2. The minimum atomic E-state index is -1.00. The number of nitrogens with one attached hydrogen (secondary N) is 1. The number of carbonyl (C=O) groups is 2. The fourth-order valence-corrected chi connectivity index (χ4v) is 3.49. The van der Waals surface area contributed by atoms with Gasteiger partial charge in [0.25, 0.3) is 11.7 Å². The molecule has 0 saturated carbocycles. The Bertz CT molecular complexity index is 1010. The summed E-state index contributed by atoms with van der Waals surface area (Å²) in [5.41, 5.74) is 0.384. The van der Waals surface area contributed by atoms with Crippen LogP contribution in [0.1, 0.15) is 17.2 Å².